The fourth-order valence-corrected chi connectivity index (χ4v) is 2.44. The van der Waals surface area contributed by atoms with Gasteiger partial charge in [0.2, 0.25) is 0 Å². The Morgan fingerprint density at radius 1 is 1.31 bits per heavy atom. The Labute approximate surface area is 150 Å². The van der Waals surface area contributed by atoms with Gasteiger partial charge in [0.05, 0.1) is 4.92 Å². The van der Waals surface area contributed by atoms with Gasteiger partial charge in [0.1, 0.15) is 17.9 Å². The summed E-state index contributed by atoms with van der Waals surface area (Å²) in [5.41, 5.74) is 1.26. The number of aryl methyl sites for hydroxylation is 1. The molecular weight excluding hydrogens is 340 g/mol. The molecular formula is C17H20N4O5. The molecule has 0 bridgehead atoms. The van der Waals surface area contributed by atoms with Crippen LogP contribution in [0.15, 0.2) is 30.3 Å². The van der Waals surface area contributed by atoms with Crippen molar-refractivity contribution in [3.8, 4) is 0 Å². The molecule has 1 amide bonds. The van der Waals surface area contributed by atoms with E-state index in [0.717, 1.165) is 5.56 Å². The molecule has 2 rings (SSSR count). The van der Waals surface area contributed by atoms with Gasteiger partial charge in [-0.25, -0.2) is 0 Å². The second kappa shape index (κ2) is 8.24. The summed E-state index contributed by atoms with van der Waals surface area (Å²) in [5, 5.41) is 17.6. The highest BCUT2D eigenvalue weighted by Gasteiger charge is 2.24. The number of nitrogens with one attached hydrogen (secondary N) is 1. The Bertz CT molecular complexity index is 816. The van der Waals surface area contributed by atoms with Gasteiger partial charge in [0, 0.05) is 6.54 Å². The molecule has 0 fully saturated rings. The van der Waals surface area contributed by atoms with Gasteiger partial charge in [0.25, 0.3) is 5.91 Å². The Morgan fingerprint density at radius 3 is 2.54 bits per heavy atom. The molecule has 9 heteroatoms. The van der Waals surface area contributed by atoms with Gasteiger partial charge >= 0.3 is 11.7 Å². The molecule has 0 radical (unpaired) electrons. The van der Waals surface area contributed by atoms with E-state index in [-0.39, 0.29) is 23.6 Å². The number of hydrogen-bond donors (Lipinski definition) is 1. The van der Waals surface area contributed by atoms with Gasteiger partial charge in [-0.3, -0.25) is 24.4 Å². The summed E-state index contributed by atoms with van der Waals surface area (Å²) in [6.07, 6.45) is -0.988. The molecule has 9 nitrogen and oxygen atoms in total. The zero-order chi connectivity index (χ0) is 19.3. The topological polar surface area (TPSA) is 116 Å². The normalized spacial score (nSPS) is 11.7. The van der Waals surface area contributed by atoms with Crippen molar-refractivity contribution in [2.24, 2.45) is 0 Å². The van der Waals surface area contributed by atoms with Crippen LogP contribution in [0.1, 0.15) is 23.9 Å². The lowest BCUT2D eigenvalue weighted by molar-refractivity contribution is -0.386. The van der Waals surface area contributed by atoms with Crippen LogP contribution in [0, 0.1) is 24.0 Å². The number of benzene rings is 1. The van der Waals surface area contributed by atoms with Gasteiger partial charge in [-0.2, -0.15) is 5.10 Å². The predicted octanol–water partition coefficient (Wildman–Crippen LogP) is 1.66. The van der Waals surface area contributed by atoms with E-state index in [1.54, 1.807) is 0 Å². The maximum absolute atomic E-state index is 12.0. The molecule has 0 unspecified atom stereocenters. The summed E-state index contributed by atoms with van der Waals surface area (Å²) >= 11 is 0. The van der Waals surface area contributed by atoms with Gasteiger partial charge in [-0.1, -0.05) is 30.3 Å². The first-order chi connectivity index (χ1) is 12.3. The third kappa shape index (κ3) is 4.65. The number of nitrogens with zero attached hydrogens (tertiary/aromatic N) is 3. The SMILES string of the molecule is Cc1nn(CC(=O)O[C@@H](C)C(=O)NCc2ccccc2)c(C)c1[N+](=O)[O-]. The second-order valence-electron chi connectivity index (χ2n) is 5.77. The van der Waals surface area contributed by atoms with Crippen molar-refractivity contribution in [3.63, 3.8) is 0 Å². The van der Waals surface area contributed by atoms with Crippen LogP contribution < -0.4 is 5.32 Å². The molecule has 0 spiro atoms. The van der Waals surface area contributed by atoms with Crippen molar-refractivity contribution >= 4 is 17.6 Å². The Hall–Kier alpha value is -3.23. The number of esters is 1. The van der Waals surface area contributed by atoms with Crippen molar-refractivity contribution in [3.05, 3.63) is 57.4 Å². The Kier molecular flexibility index (Phi) is 6.05. The lowest BCUT2D eigenvalue weighted by Gasteiger charge is -2.14. The van der Waals surface area contributed by atoms with E-state index in [1.807, 2.05) is 30.3 Å². The first-order valence-corrected chi connectivity index (χ1v) is 7.99. The van der Waals surface area contributed by atoms with Gasteiger partial charge < -0.3 is 10.1 Å². The molecule has 0 aliphatic rings. The first kappa shape index (κ1) is 19.1. The third-order valence-corrected chi connectivity index (χ3v) is 3.79. The molecule has 0 saturated carbocycles. The summed E-state index contributed by atoms with van der Waals surface area (Å²) in [4.78, 5) is 34.5. The monoisotopic (exact) mass is 360 g/mol. The fraction of sp³-hybridized carbons (Fsp3) is 0.353. The Balaban J connectivity index is 1.90. The van der Waals surface area contributed by atoms with Crippen molar-refractivity contribution in [1.29, 1.82) is 0 Å². The van der Waals surface area contributed by atoms with Crippen molar-refractivity contribution < 1.29 is 19.2 Å². The summed E-state index contributed by atoms with van der Waals surface area (Å²) < 4.78 is 6.29. The molecule has 0 aliphatic carbocycles. The molecule has 2 aromatic rings. The minimum Gasteiger partial charge on any atom is -0.451 e. The average molecular weight is 360 g/mol. The number of ether oxygens (including phenoxy) is 1. The summed E-state index contributed by atoms with van der Waals surface area (Å²) in [5.74, 6) is -1.13. The minimum absolute atomic E-state index is 0.133. The predicted molar refractivity (Wildman–Crippen MR) is 92.2 cm³/mol. The molecule has 1 aromatic heterocycles. The summed E-state index contributed by atoms with van der Waals surface area (Å²) in [7, 11) is 0. The van der Waals surface area contributed by atoms with E-state index in [0.29, 0.717) is 6.54 Å². The number of amides is 1. The molecule has 1 aromatic carbocycles. The average Bonchev–Trinajstić information content (AvgIpc) is 2.87. The molecule has 0 saturated heterocycles. The quantitative estimate of drug-likeness (QED) is 0.456. The van der Waals surface area contributed by atoms with Crippen LogP contribution in [0.5, 0.6) is 0 Å². The maximum atomic E-state index is 12.0. The smallest absolute Gasteiger partial charge is 0.328 e. The summed E-state index contributed by atoms with van der Waals surface area (Å²) in [6, 6.07) is 9.33. The van der Waals surface area contributed by atoms with Crippen LogP contribution in [0.25, 0.3) is 0 Å². The van der Waals surface area contributed by atoms with E-state index in [1.165, 1.54) is 25.5 Å². The van der Waals surface area contributed by atoms with Crippen molar-refractivity contribution in [2.75, 3.05) is 0 Å². The van der Waals surface area contributed by atoms with Gasteiger partial charge in [-0.05, 0) is 26.3 Å². The maximum Gasteiger partial charge on any atom is 0.328 e. The number of carbonyl (C=O) groups is 2. The molecule has 0 aliphatic heterocycles. The van der Waals surface area contributed by atoms with Crippen LogP contribution in [0.2, 0.25) is 0 Å². The van der Waals surface area contributed by atoms with Gasteiger partial charge in [0.15, 0.2) is 6.10 Å². The zero-order valence-corrected chi connectivity index (χ0v) is 14.8. The number of nitro groups is 1. The number of carbonyl (C=O) groups excluding carboxylic acids is 2. The fourth-order valence-electron chi connectivity index (χ4n) is 2.44. The number of aromatic nitrogens is 2. The van der Waals surface area contributed by atoms with Gasteiger partial charge in [-0.15, -0.1) is 0 Å². The third-order valence-electron chi connectivity index (χ3n) is 3.79. The van der Waals surface area contributed by atoms with E-state index in [2.05, 4.69) is 10.4 Å². The highest BCUT2D eigenvalue weighted by molar-refractivity contribution is 5.83. The first-order valence-electron chi connectivity index (χ1n) is 7.99. The van der Waals surface area contributed by atoms with Crippen LogP contribution in [0.3, 0.4) is 0 Å². The molecule has 138 valence electrons. The number of hydrogen-bond acceptors (Lipinski definition) is 6. The zero-order valence-electron chi connectivity index (χ0n) is 14.8. The minimum atomic E-state index is -0.988. The van der Waals surface area contributed by atoms with Crippen LogP contribution in [-0.2, 0) is 27.4 Å². The van der Waals surface area contributed by atoms with Crippen LogP contribution in [0.4, 0.5) is 5.69 Å². The molecule has 26 heavy (non-hydrogen) atoms. The van der Waals surface area contributed by atoms with E-state index < -0.39 is 22.9 Å². The van der Waals surface area contributed by atoms with Crippen LogP contribution >= 0.6 is 0 Å². The highest BCUT2D eigenvalue weighted by Crippen LogP contribution is 2.21. The van der Waals surface area contributed by atoms with E-state index in [4.69, 9.17) is 4.74 Å². The lowest BCUT2D eigenvalue weighted by Crippen LogP contribution is -2.36. The molecule has 1 N–H and O–H groups in total. The van der Waals surface area contributed by atoms with Crippen molar-refractivity contribution in [2.45, 2.75) is 40.0 Å². The summed E-state index contributed by atoms with van der Waals surface area (Å²) in [6.45, 7) is 4.47. The lowest BCUT2D eigenvalue weighted by atomic mass is 10.2. The van der Waals surface area contributed by atoms with E-state index >= 15 is 0 Å². The standard InChI is InChI=1S/C17H20N4O5/c1-11-16(21(24)25)12(2)20(19-11)10-15(22)26-13(3)17(23)18-9-14-7-5-4-6-8-14/h4-8,13H,9-10H2,1-3H3,(H,18,23)/t13-/m0/s1. The Morgan fingerprint density at radius 2 is 1.96 bits per heavy atom. The largest absolute Gasteiger partial charge is 0.451 e. The molecule has 1 atom stereocenters. The second-order valence-corrected chi connectivity index (χ2v) is 5.77. The number of rotatable bonds is 7. The molecule has 1 heterocycles. The van der Waals surface area contributed by atoms with Crippen molar-refractivity contribution in [1.82, 2.24) is 15.1 Å². The van der Waals surface area contributed by atoms with E-state index in [9.17, 15) is 19.7 Å². The highest BCUT2D eigenvalue weighted by atomic mass is 16.6. The van der Waals surface area contributed by atoms with Crippen LogP contribution in [-0.4, -0.2) is 32.7 Å².